The van der Waals surface area contributed by atoms with E-state index in [0.717, 1.165) is 48.3 Å². The summed E-state index contributed by atoms with van der Waals surface area (Å²) in [5, 5.41) is 9.52. The fourth-order valence-electron chi connectivity index (χ4n) is 3.48. The van der Waals surface area contributed by atoms with Crippen LogP contribution < -0.4 is 10.2 Å². The third kappa shape index (κ3) is 5.40. The number of benzene rings is 2. The number of carbonyl (C=O) groups is 1. The molecule has 2 N–H and O–H groups in total. The molecule has 0 atom stereocenters. The van der Waals surface area contributed by atoms with Crippen LogP contribution in [0, 0.1) is 17.7 Å². The van der Waals surface area contributed by atoms with Gasteiger partial charge < -0.3 is 10.2 Å². The first-order valence-electron chi connectivity index (χ1n) is 10.3. The maximum absolute atomic E-state index is 13.2. The summed E-state index contributed by atoms with van der Waals surface area (Å²) in [5.41, 5.74) is 4.06. The highest BCUT2D eigenvalue weighted by atomic mass is 19.1. The Kier molecular flexibility index (Phi) is 6.44. The van der Waals surface area contributed by atoms with E-state index in [4.69, 9.17) is 0 Å². The predicted octanol–water partition coefficient (Wildman–Crippen LogP) is 3.99. The van der Waals surface area contributed by atoms with E-state index in [1.165, 1.54) is 12.1 Å². The molecular formula is C25H23FN4O. The number of rotatable bonds is 5. The smallest absolute Gasteiger partial charge is 0.251 e. The summed E-state index contributed by atoms with van der Waals surface area (Å²) < 4.78 is 13.2. The van der Waals surface area contributed by atoms with Crippen molar-refractivity contribution in [2.24, 2.45) is 0 Å². The molecule has 0 unspecified atom stereocenters. The molecule has 1 saturated heterocycles. The van der Waals surface area contributed by atoms with Crippen LogP contribution in [-0.4, -0.2) is 35.7 Å². The molecule has 6 heteroatoms. The summed E-state index contributed by atoms with van der Waals surface area (Å²) in [7, 11) is 0. The molecule has 156 valence electrons. The average molecular weight is 414 g/mol. The lowest BCUT2D eigenvalue weighted by molar-refractivity contribution is 0.0958. The number of aromatic nitrogens is 2. The zero-order valence-corrected chi connectivity index (χ0v) is 17.1. The molecule has 0 bridgehead atoms. The molecule has 0 radical (unpaired) electrons. The van der Waals surface area contributed by atoms with Gasteiger partial charge in [0.2, 0.25) is 0 Å². The molecule has 0 saturated carbocycles. The second kappa shape index (κ2) is 9.77. The van der Waals surface area contributed by atoms with Crippen LogP contribution >= 0.6 is 0 Å². The van der Waals surface area contributed by atoms with Crippen molar-refractivity contribution in [3.63, 3.8) is 0 Å². The van der Waals surface area contributed by atoms with Gasteiger partial charge in [-0.15, -0.1) is 0 Å². The van der Waals surface area contributed by atoms with Gasteiger partial charge in [-0.05, 0) is 55.3 Å². The van der Waals surface area contributed by atoms with Gasteiger partial charge in [-0.3, -0.25) is 9.89 Å². The molecule has 1 aromatic heterocycles. The summed E-state index contributed by atoms with van der Waals surface area (Å²) in [6.07, 6.45) is 9.55. The zero-order valence-electron chi connectivity index (χ0n) is 17.1. The molecule has 0 aliphatic carbocycles. The largest absolute Gasteiger partial charge is 0.371 e. The number of H-pyrrole nitrogens is 1. The standard InChI is InChI=1S/C25H23FN4O/c26-23-10-6-19(7-11-23)5-8-21-16-22(9-12-24(21)30-14-1-2-15-30)25(31)27-13-3-4-20-17-28-29-18-20/h3-4,6-7,9-12,16-18H,1-2,13-15H2,(H,27,31)(H,28,29)/b4-3+. The first-order valence-corrected chi connectivity index (χ1v) is 10.3. The number of hydrogen-bond donors (Lipinski definition) is 2. The Morgan fingerprint density at radius 1 is 1.16 bits per heavy atom. The van der Waals surface area contributed by atoms with E-state index in [1.54, 1.807) is 24.5 Å². The summed E-state index contributed by atoms with van der Waals surface area (Å²) in [6, 6.07) is 11.7. The van der Waals surface area contributed by atoms with Gasteiger partial charge in [-0.1, -0.05) is 24.0 Å². The lowest BCUT2D eigenvalue weighted by Gasteiger charge is -2.20. The lowest BCUT2D eigenvalue weighted by Crippen LogP contribution is -2.24. The van der Waals surface area contributed by atoms with Crippen LogP contribution in [0.1, 0.15) is 39.9 Å². The molecular weight excluding hydrogens is 391 g/mol. The fourth-order valence-corrected chi connectivity index (χ4v) is 3.48. The maximum atomic E-state index is 13.2. The molecule has 1 fully saturated rings. The van der Waals surface area contributed by atoms with Crippen LogP contribution in [0.4, 0.5) is 10.1 Å². The summed E-state index contributed by atoms with van der Waals surface area (Å²) in [6.45, 7) is 2.37. The monoisotopic (exact) mass is 414 g/mol. The molecule has 31 heavy (non-hydrogen) atoms. The van der Waals surface area contributed by atoms with Crippen molar-refractivity contribution >= 4 is 17.7 Å². The zero-order chi connectivity index (χ0) is 21.5. The average Bonchev–Trinajstić information content (AvgIpc) is 3.50. The third-order valence-electron chi connectivity index (χ3n) is 5.10. The number of amides is 1. The molecule has 1 amide bonds. The topological polar surface area (TPSA) is 61.0 Å². The summed E-state index contributed by atoms with van der Waals surface area (Å²) in [4.78, 5) is 14.9. The molecule has 4 rings (SSSR count). The molecule has 3 aromatic rings. The third-order valence-corrected chi connectivity index (χ3v) is 5.10. The minimum absolute atomic E-state index is 0.158. The Morgan fingerprint density at radius 2 is 1.97 bits per heavy atom. The van der Waals surface area contributed by atoms with Crippen molar-refractivity contribution in [1.29, 1.82) is 0 Å². The first kappa shape index (κ1) is 20.4. The first-order chi connectivity index (χ1) is 15.2. The minimum atomic E-state index is -0.288. The Labute approximate surface area is 181 Å². The molecule has 2 heterocycles. The van der Waals surface area contributed by atoms with Crippen LogP contribution in [0.3, 0.4) is 0 Å². The van der Waals surface area contributed by atoms with Gasteiger partial charge >= 0.3 is 0 Å². The highest BCUT2D eigenvalue weighted by Crippen LogP contribution is 2.25. The Bertz CT molecular complexity index is 1120. The number of nitrogens with zero attached hydrogens (tertiary/aromatic N) is 2. The molecule has 0 spiro atoms. The van der Waals surface area contributed by atoms with E-state index in [1.807, 2.05) is 30.4 Å². The normalized spacial score (nSPS) is 13.3. The number of nitrogens with one attached hydrogen (secondary N) is 2. The number of hydrogen-bond acceptors (Lipinski definition) is 3. The lowest BCUT2D eigenvalue weighted by atomic mass is 10.1. The van der Waals surface area contributed by atoms with Crippen molar-refractivity contribution in [3.8, 4) is 11.8 Å². The quantitative estimate of drug-likeness (QED) is 0.621. The predicted molar refractivity (Wildman–Crippen MR) is 120 cm³/mol. The van der Waals surface area contributed by atoms with Crippen molar-refractivity contribution in [2.45, 2.75) is 12.8 Å². The molecule has 2 aromatic carbocycles. The minimum Gasteiger partial charge on any atom is -0.371 e. The van der Waals surface area contributed by atoms with Gasteiger partial charge in [0, 0.05) is 48.1 Å². The van der Waals surface area contributed by atoms with Crippen molar-refractivity contribution < 1.29 is 9.18 Å². The second-order valence-electron chi connectivity index (χ2n) is 7.33. The van der Waals surface area contributed by atoms with Gasteiger partial charge in [0.25, 0.3) is 5.91 Å². The molecule has 1 aliphatic heterocycles. The maximum Gasteiger partial charge on any atom is 0.251 e. The second-order valence-corrected chi connectivity index (χ2v) is 7.33. The van der Waals surface area contributed by atoms with Crippen LogP contribution in [0.15, 0.2) is 60.9 Å². The fraction of sp³-hybridized carbons (Fsp3) is 0.200. The van der Waals surface area contributed by atoms with Crippen molar-refractivity contribution in [1.82, 2.24) is 15.5 Å². The van der Waals surface area contributed by atoms with E-state index in [-0.39, 0.29) is 11.7 Å². The Morgan fingerprint density at radius 3 is 2.71 bits per heavy atom. The molecule has 1 aliphatic rings. The number of halogens is 1. The van der Waals surface area contributed by atoms with Crippen molar-refractivity contribution in [2.75, 3.05) is 24.5 Å². The van der Waals surface area contributed by atoms with E-state index in [9.17, 15) is 9.18 Å². The number of aromatic amines is 1. The highest BCUT2D eigenvalue weighted by Gasteiger charge is 2.16. The van der Waals surface area contributed by atoms with Crippen LogP contribution in [-0.2, 0) is 0 Å². The van der Waals surface area contributed by atoms with Crippen LogP contribution in [0.25, 0.3) is 6.08 Å². The highest BCUT2D eigenvalue weighted by molar-refractivity contribution is 5.95. The van der Waals surface area contributed by atoms with E-state index < -0.39 is 0 Å². The Balaban J connectivity index is 1.52. The van der Waals surface area contributed by atoms with Crippen molar-refractivity contribution in [3.05, 3.63) is 89.0 Å². The van der Waals surface area contributed by atoms with E-state index in [0.29, 0.717) is 12.1 Å². The van der Waals surface area contributed by atoms with Gasteiger partial charge in [-0.2, -0.15) is 5.10 Å². The number of anilines is 1. The van der Waals surface area contributed by atoms with Gasteiger partial charge in [0.1, 0.15) is 5.82 Å². The van der Waals surface area contributed by atoms with E-state index >= 15 is 0 Å². The summed E-state index contributed by atoms with van der Waals surface area (Å²) in [5.74, 6) is 5.83. The summed E-state index contributed by atoms with van der Waals surface area (Å²) >= 11 is 0. The Hall–Kier alpha value is -3.85. The van der Waals surface area contributed by atoms with E-state index in [2.05, 4.69) is 32.3 Å². The molecule has 5 nitrogen and oxygen atoms in total. The van der Waals surface area contributed by atoms with Gasteiger partial charge in [0.05, 0.1) is 11.9 Å². The number of carbonyl (C=O) groups excluding carboxylic acids is 1. The van der Waals surface area contributed by atoms with Crippen LogP contribution in [0.5, 0.6) is 0 Å². The van der Waals surface area contributed by atoms with Crippen LogP contribution in [0.2, 0.25) is 0 Å². The van der Waals surface area contributed by atoms with Gasteiger partial charge in [-0.25, -0.2) is 4.39 Å². The van der Waals surface area contributed by atoms with Gasteiger partial charge in [0.15, 0.2) is 0 Å². The SMILES string of the molecule is O=C(NC/C=C/c1cn[nH]c1)c1ccc(N2CCCC2)c(C#Cc2ccc(F)cc2)c1.